The normalized spacial score (nSPS) is 26.4. The molecular weight excluding hydrogens is 372 g/mol. The topological polar surface area (TPSA) is 42.9 Å². The van der Waals surface area contributed by atoms with E-state index in [1.807, 2.05) is 25.9 Å². The lowest BCUT2D eigenvalue weighted by molar-refractivity contribution is 0.0526. The Morgan fingerprint density at radius 1 is 1.21 bits per heavy atom. The molecular formula is C22H35F2N5. The molecule has 0 spiro atoms. The molecule has 3 atom stereocenters. The highest BCUT2D eigenvalue weighted by atomic mass is 19.1. The van der Waals surface area contributed by atoms with Gasteiger partial charge in [0.1, 0.15) is 11.6 Å². The van der Waals surface area contributed by atoms with Crippen LogP contribution in [0, 0.1) is 11.6 Å². The molecule has 2 aliphatic heterocycles. The van der Waals surface area contributed by atoms with Gasteiger partial charge in [0.05, 0.1) is 12.6 Å². The molecule has 29 heavy (non-hydrogen) atoms. The molecule has 7 heteroatoms. The monoisotopic (exact) mass is 407 g/mol. The summed E-state index contributed by atoms with van der Waals surface area (Å²) >= 11 is 0. The fourth-order valence-electron chi connectivity index (χ4n) is 4.77. The van der Waals surface area contributed by atoms with Crippen LogP contribution >= 0.6 is 0 Å². The molecule has 1 aromatic rings. The molecule has 2 aliphatic rings. The zero-order valence-corrected chi connectivity index (χ0v) is 18.1. The summed E-state index contributed by atoms with van der Waals surface area (Å²) in [6.07, 6.45) is 6.05. The standard InChI is InChI=1S/C22H35F2N5/c1-5-25-22(27-15-12-16-8-6-9-17(13-15)29(16)4)26-14-20(28(2)3)21-18(23)10-7-11-19(21)24/h7,10-11,15-17,20H,5-6,8-9,12-14H2,1-4H3,(H2,25,26,27). The lowest BCUT2D eigenvalue weighted by Gasteiger charge is -2.47. The molecule has 2 saturated heterocycles. The molecule has 2 heterocycles. The van der Waals surface area contributed by atoms with Crippen LogP contribution < -0.4 is 10.6 Å². The van der Waals surface area contributed by atoms with E-state index in [1.165, 1.54) is 37.5 Å². The van der Waals surface area contributed by atoms with Crippen LogP contribution in [0.15, 0.2) is 23.2 Å². The summed E-state index contributed by atoms with van der Waals surface area (Å²) in [5, 5.41) is 6.89. The van der Waals surface area contributed by atoms with Gasteiger partial charge in [-0.15, -0.1) is 0 Å². The number of piperidine rings is 2. The third-order valence-electron chi connectivity index (χ3n) is 6.40. The highest BCUT2D eigenvalue weighted by molar-refractivity contribution is 5.80. The fraction of sp³-hybridized carbons (Fsp3) is 0.682. The molecule has 2 fully saturated rings. The second kappa shape index (κ2) is 9.85. The van der Waals surface area contributed by atoms with Crippen molar-refractivity contribution in [1.29, 1.82) is 0 Å². The second-order valence-electron chi connectivity index (χ2n) is 8.55. The third kappa shape index (κ3) is 5.25. The van der Waals surface area contributed by atoms with Gasteiger partial charge in [-0.3, -0.25) is 4.99 Å². The van der Waals surface area contributed by atoms with Crippen LogP contribution in [0.1, 0.15) is 50.6 Å². The van der Waals surface area contributed by atoms with Crippen molar-refractivity contribution in [2.75, 3.05) is 34.2 Å². The van der Waals surface area contributed by atoms with Gasteiger partial charge < -0.3 is 20.4 Å². The zero-order chi connectivity index (χ0) is 21.0. The average Bonchev–Trinajstić information content (AvgIpc) is 2.64. The molecule has 5 nitrogen and oxygen atoms in total. The predicted molar refractivity (Wildman–Crippen MR) is 114 cm³/mol. The number of halogens is 2. The second-order valence-corrected chi connectivity index (χ2v) is 8.55. The lowest BCUT2D eigenvalue weighted by atomic mass is 9.82. The smallest absolute Gasteiger partial charge is 0.191 e. The molecule has 0 radical (unpaired) electrons. The third-order valence-corrected chi connectivity index (χ3v) is 6.40. The van der Waals surface area contributed by atoms with Gasteiger partial charge in [-0.2, -0.15) is 0 Å². The summed E-state index contributed by atoms with van der Waals surface area (Å²) in [7, 11) is 5.89. The van der Waals surface area contributed by atoms with Gasteiger partial charge in [0, 0.05) is 30.2 Å². The van der Waals surface area contributed by atoms with Gasteiger partial charge in [0.15, 0.2) is 5.96 Å². The Kier molecular flexibility index (Phi) is 7.46. The maximum absolute atomic E-state index is 14.3. The van der Waals surface area contributed by atoms with Crippen molar-refractivity contribution in [3.8, 4) is 0 Å². The summed E-state index contributed by atoms with van der Waals surface area (Å²) in [6.45, 7) is 3.05. The van der Waals surface area contributed by atoms with E-state index in [0.717, 1.165) is 25.3 Å². The quantitative estimate of drug-likeness (QED) is 0.562. The van der Waals surface area contributed by atoms with Crippen molar-refractivity contribution >= 4 is 5.96 Å². The maximum atomic E-state index is 14.3. The van der Waals surface area contributed by atoms with Crippen LogP contribution in [-0.4, -0.2) is 68.1 Å². The van der Waals surface area contributed by atoms with Gasteiger partial charge in [0.2, 0.25) is 0 Å². The molecule has 2 N–H and O–H groups in total. The van der Waals surface area contributed by atoms with E-state index < -0.39 is 17.7 Å². The average molecular weight is 408 g/mol. The summed E-state index contributed by atoms with van der Waals surface area (Å²) in [4.78, 5) is 9.06. The number of nitrogens with one attached hydrogen (secondary N) is 2. The van der Waals surface area contributed by atoms with Crippen molar-refractivity contribution in [3.63, 3.8) is 0 Å². The molecule has 2 bridgehead atoms. The number of benzene rings is 1. The van der Waals surface area contributed by atoms with E-state index >= 15 is 0 Å². The van der Waals surface area contributed by atoms with Crippen molar-refractivity contribution in [1.82, 2.24) is 20.4 Å². The Hall–Kier alpha value is -1.73. The molecule has 162 valence electrons. The predicted octanol–water partition coefficient (Wildman–Crippen LogP) is 3.14. The van der Waals surface area contributed by atoms with Crippen LogP contribution in [0.3, 0.4) is 0 Å². The summed E-state index contributed by atoms with van der Waals surface area (Å²) in [5.41, 5.74) is 0.0749. The fourth-order valence-corrected chi connectivity index (χ4v) is 4.77. The van der Waals surface area contributed by atoms with E-state index in [4.69, 9.17) is 4.99 Å². The Bertz CT molecular complexity index is 674. The highest BCUT2D eigenvalue weighted by Gasteiger charge is 2.36. The van der Waals surface area contributed by atoms with Gasteiger partial charge >= 0.3 is 0 Å². The number of likely N-dealkylation sites (N-methyl/N-ethyl adjacent to an activating group) is 1. The Labute approximate surface area is 173 Å². The lowest BCUT2D eigenvalue weighted by Crippen LogP contribution is -2.56. The van der Waals surface area contributed by atoms with Crippen LogP contribution in [-0.2, 0) is 0 Å². The van der Waals surface area contributed by atoms with Crippen molar-refractivity contribution < 1.29 is 8.78 Å². The minimum Gasteiger partial charge on any atom is -0.357 e. The van der Waals surface area contributed by atoms with Crippen LogP contribution in [0.25, 0.3) is 0 Å². The molecule has 1 aromatic carbocycles. The van der Waals surface area contributed by atoms with Gasteiger partial charge in [-0.25, -0.2) is 8.78 Å². The van der Waals surface area contributed by atoms with E-state index in [-0.39, 0.29) is 12.1 Å². The van der Waals surface area contributed by atoms with Crippen LogP contribution in [0.4, 0.5) is 8.78 Å². The Balaban J connectivity index is 1.72. The first-order chi connectivity index (χ1) is 13.9. The first-order valence-electron chi connectivity index (χ1n) is 10.8. The summed E-state index contributed by atoms with van der Waals surface area (Å²) < 4.78 is 28.6. The molecule has 3 rings (SSSR count). The van der Waals surface area contributed by atoms with Crippen LogP contribution in [0.2, 0.25) is 0 Å². The largest absolute Gasteiger partial charge is 0.357 e. The number of fused-ring (bicyclic) bond motifs is 2. The Morgan fingerprint density at radius 2 is 1.83 bits per heavy atom. The highest BCUT2D eigenvalue weighted by Crippen LogP contribution is 2.32. The SMILES string of the molecule is CCNC(=NCC(c1c(F)cccc1F)N(C)C)NC1CC2CCCC(C1)N2C. The van der Waals surface area contributed by atoms with E-state index in [9.17, 15) is 8.78 Å². The number of hydrogen-bond acceptors (Lipinski definition) is 3. The summed E-state index contributed by atoms with van der Waals surface area (Å²) in [6, 6.07) is 5.17. The molecule has 0 saturated carbocycles. The zero-order valence-electron chi connectivity index (χ0n) is 18.1. The van der Waals surface area contributed by atoms with E-state index in [1.54, 1.807) is 0 Å². The van der Waals surface area contributed by atoms with Crippen molar-refractivity contribution in [3.05, 3.63) is 35.4 Å². The van der Waals surface area contributed by atoms with Gasteiger partial charge in [-0.05, 0) is 65.9 Å². The minimum absolute atomic E-state index is 0.0749. The first kappa shape index (κ1) is 22.0. The summed E-state index contributed by atoms with van der Waals surface area (Å²) in [5.74, 6) is -0.330. The first-order valence-corrected chi connectivity index (χ1v) is 10.8. The molecule has 0 aliphatic carbocycles. The number of rotatable bonds is 6. The number of nitrogens with zero attached hydrogens (tertiary/aromatic N) is 3. The minimum atomic E-state index is -0.528. The van der Waals surface area contributed by atoms with E-state index in [2.05, 4.69) is 22.6 Å². The number of guanidine groups is 1. The Morgan fingerprint density at radius 3 is 2.38 bits per heavy atom. The maximum Gasteiger partial charge on any atom is 0.191 e. The van der Waals surface area contributed by atoms with Gasteiger partial charge in [-0.1, -0.05) is 12.5 Å². The number of hydrogen-bond donors (Lipinski definition) is 2. The molecule has 0 amide bonds. The van der Waals surface area contributed by atoms with E-state index in [0.29, 0.717) is 18.1 Å². The molecule has 3 unspecified atom stereocenters. The van der Waals surface area contributed by atoms with Crippen molar-refractivity contribution in [2.45, 2.75) is 63.2 Å². The number of aliphatic imine (C=N–C) groups is 1. The van der Waals surface area contributed by atoms with Gasteiger partial charge in [0.25, 0.3) is 0 Å². The molecule has 0 aromatic heterocycles. The van der Waals surface area contributed by atoms with Crippen LogP contribution in [0.5, 0.6) is 0 Å². The van der Waals surface area contributed by atoms with Crippen molar-refractivity contribution in [2.24, 2.45) is 4.99 Å².